The Hall–Kier alpha value is -1.86. The fourth-order valence-electron chi connectivity index (χ4n) is 5.68. The summed E-state index contributed by atoms with van der Waals surface area (Å²) in [4.78, 5) is 0.474. The van der Waals surface area contributed by atoms with Gasteiger partial charge in [-0.15, -0.1) is 0 Å². The first-order chi connectivity index (χ1) is 16.0. The highest BCUT2D eigenvalue weighted by molar-refractivity contribution is 7.93. The third-order valence-corrected chi connectivity index (χ3v) is 10.5. The molecule has 1 N–H and O–H groups in total. The first-order valence-corrected chi connectivity index (χ1v) is 15.9. The number of fused-ring (bicyclic) bond motifs is 1. The lowest BCUT2D eigenvalue weighted by Crippen LogP contribution is -2.34. The van der Waals surface area contributed by atoms with Crippen LogP contribution in [-0.2, 0) is 32.6 Å². The van der Waals surface area contributed by atoms with Crippen LogP contribution in [0.2, 0.25) is 0 Å². The van der Waals surface area contributed by atoms with Crippen molar-refractivity contribution >= 4 is 25.4 Å². The Labute approximate surface area is 206 Å². The summed E-state index contributed by atoms with van der Waals surface area (Å²) in [7, 11) is -6.94. The quantitative estimate of drug-likeness (QED) is 0.425. The first-order valence-electron chi connectivity index (χ1n) is 12.5. The van der Waals surface area contributed by atoms with Crippen LogP contribution in [0.3, 0.4) is 0 Å². The predicted molar refractivity (Wildman–Crippen MR) is 139 cm³/mol. The van der Waals surface area contributed by atoms with E-state index in [1.54, 1.807) is 12.1 Å². The molecule has 0 heterocycles. The van der Waals surface area contributed by atoms with Gasteiger partial charge in [0.1, 0.15) is 0 Å². The Morgan fingerprint density at radius 2 is 1.68 bits per heavy atom. The van der Waals surface area contributed by atoms with Crippen LogP contribution in [0.1, 0.15) is 57.6 Å². The Morgan fingerprint density at radius 1 is 1.03 bits per heavy atom. The summed E-state index contributed by atoms with van der Waals surface area (Å²) in [5, 5.41) is 0. The second kappa shape index (κ2) is 9.65. The van der Waals surface area contributed by atoms with Crippen molar-refractivity contribution in [3.05, 3.63) is 53.6 Å². The normalized spacial score (nSPS) is 23.5. The SMILES string of the molecule is CCc1ccc(N(CC(C)C)S(=O)(=O)c2ccc(CCC3C4CCCC43)c(S(C)(=N)=O)c2)cc1. The molecular weight excluding hydrogens is 464 g/mol. The van der Waals surface area contributed by atoms with Gasteiger partial charge >= 0.3 is 0 Å². The number of benzene rings is 2. The van der Waals surface area contributed by atoms with E-state index in [4.69, 9.17) is 4.78 Å². The summed E-state index contributed by atoms with van der Waals surface area (Å²) < 4.78 is 50.2. The number of rotatable bonds is 10. The van der Waals surface area contributed by atoms with E-state index < -0.39 is 19.8 Å². The van der Waals surface area contributed by atoms with E-state index in [9.17, 15) is 12.6 Å². The Morgan fingerprint density at radius 3 is 2.24 bits per heavy atom. The molecule has 2 aliphatic carbocycles. The van der Waals surface area contributed by atoms with Crippen LogP contribution in [-0.4, -0.2) is 25.4 Å². The van der Waals surface area contributed by atoms with Crippen molar-refractivity contribution < 1.29 is 12.6 Å². The lowest BCUT2D eigenvalue weighted by molar-refractivity contribution is 0.550. The maximum absolute atomic E-state index is 13.8. The van der Waals surface area contributed by atoms with Crippen molar-refractivity contribution in [2.75, 3.05) is 17.1 Å². The Balaban J connectivity index is 1.65. The average molecular weight is 503 g/mol. The average Bonchev–Trinajstić information content (AvgIpc) is 3.21. The third kappa shape index (κ3) is 5.20. The number of anilines is 1. The molecule has 2 aromatic rings. The van der Waals surface area contributed by atoms with Crippen LogP contribution in [0.25, 0.3) is 0 Å². The maximum Gasteiger partial charge on any atom is 0.264 e. The van der Waals surface area contributed by atoms with Gasteiger partial charge in [-0.3, -0.25) is 4.31 Å². The number of nitrogens with zero attached hydrogens (tertiary/aromatic N) is 1. The van der Waals surface area contributed by atoms with Gasteiger partial charge in [-0.2, -0.15) is 0 Å². The van der Waals surface area contributed by atoms with Crippen LogP contribution in [0.5, 0.6) is 0 Å². The van der Waals surface area contributed by atoms with Crippen molar-refractivity contribution in [3.63, 3.8) is 0 Å². The molecule has 0 aliphatic heterocycles. The van der Waals surface area contributed by atoms with E-state index in [-0.39, 0.29) is 10.8 Å². The van der Waals surface area contributed by atoms with Gasteiger partial charge in [-0.05, 0) is 91.2 Å². The molecular formula is C27H38N2O3S2. The monoisotopic (exact) mass is 502 g/mol. The van der Waals surface area contributed by atoms with Gasteiger partial charge in [0.05, 0.1) is 25.2 Å². The van der Waals surface area contributed by atoms with Gasteiger partial charge < -0.3 is 0 Å². The van der Waals surface area contributed by atoms with Gasteiger partial charge in [-0.1, -0.05) is 45.4 Å². The summed E-state index contributed by atoms with van der Waals surface area (Å²) in [6, 6.07) is 12.6. The number of nitrogens with one attached hydrogen (secondary N) is 1. The van der Waals surface area contributed by atoms with Crippen molar-refractivity contribution in [1.29, 1.82) is 4.78 Å². The van der Waals surface area contributed by atoms with E-state index in [1.165, 1.54) is 35.9 Å². The minimum Gasteiger partial charge on any atom is -0.266 e. The van der Waals surface area contributed by atoms with E-state index in [0.717, 1.165) is 48.1 Å². The molecule has 2 aromatic carbocycles. The van der Waals surface area contributed by atoms with Gasteiger partial charge in [-0.25, -0.2) is 17.4 Å². The zero-order valence-corrected chi connectivity index (χ0v) is 22.4. The zero-order valence-electron chi connectivity index (χ0n) is 20.8. The molecule has 2 fully saturated rings. The second-order valence-corrected chi connectivity index (χ2v) is 14.5. The largest absolute Gasteiger partial charge is 0.266 e. The van der Waals surface area contributed by atoms with Crippen molar-refractivity contribution in [2.24, 2.45) is 23.7 Å². The van der Waals surface area contributed by atoms with E-state index in [1.807, 2.05) is 38.1 Å². The first kappa shape index (κ1) is 25.2. The summed E-state index contributed by atoms with van der Waals surface area (Å²) in [5.74, 6) is 2.59. The van der Waals surface area contributed by atoms with E-state index in [0.29, 0.717) is 17.1 Å². The molecule has 2 saturated carbocycles. The molecule has 0 bridgehead atoms. The molecule has 5 nitrogen and oxygen atoms in total. The highest BCUT2D eigenvalue weighted by Gasteiger charge is 2.51. The van der Waals surface area contributed by atoms with Crippen molar-refractivity contribution in [1.82, 2.24) is 0 Å². The number of sulfonamides is 1. The summed E-state index contributed by atoms with van der Waals surface area (Å²) in [6.07, 6.45) is 8.06. The molecule has 3 atom stereocenters. The predicted octanol–water partition coefficient (Wildman–Crippen LogP) is 6.11. The number of hydrogen-bond donors (Lipinski definition) is 1. The highest BCUT2D eigenvalue weighted by Crippen LogP contribution is 2.59. The number of hydrogen-bond acceptors (Lipinski definition) is 4. The zero-order chi connectivity index (χ0) is 24.7. The van der Waals surface area contributed by atoms with Crippen LogP contribution < -0.4 is 4.31 Å². The number of aryl methyl sites for hydroxylation is 2. The topological polar surface area (TPSA) is 78.3 Å². The van der Waals surface area contributed by atoms with Crippen LogP contribution in [0.4, 0.5) is 5.69 Å². The molecule has 0 aromatic heterocycles. The fraction of sp³-hybridized carbons (Fsp3) is 0.556. The summed E-state index contributed by atoms with van der Waals surface area (Å²) >= 11 is 0. The molecule has 0 amide bonds. The minimum atomic E-state index is -3.88. The van der Waals surface area contributed by atoms with Crippen LogP contribution in [0.15, 0.2) is 52.3 Å². The molecule has 4 rings (SSSR count). The Kier molecular flexibility index (Phi) is 7.16. The Bertz CT molecular complexity index is 1230. The van der Waals surface area contributed by atoms with Crippen molar-refractivity contribution in [2.45, 2.75) is 69.1 Å². The standard InChI is InChI=1S/C27H38N2O3S2/c1-5-20-9-13-22(14-10-20)29(18-19(2)3)34(31,32)23-15-11-21(27(17-23)33(4,28)30)12-16-26-24-7-6-8-25(24)26/h9-11,13-15,17,19,24-26,28H,5-8,12,16,18H2,1-4H3. The molecule has 0 saturated heterocycles. The third-order valence-electron chi connectivity index (χ3n) is 7.54. The van der Waals surface area contributed by atoms with Gasteiger partial charge in [0.2, 0.25) is 0 Å². The maximum atomic E-state index is 13.8. The fourth-order valence-corrected chi connectivity index (χ4v) is 8.44. The van der Waals surface area contributed by atoms with Crippen molar-refractivity contribution in [3.8, 4) is 0 Å². The van der Waals surface area contributed by atoms with Crippen LogP contribution >= 0.6 is 0 Å². The lowest BCUT2D eigenvalue weighted by atomic mass is 10.0. The van der Waals surface area contributed by atoms with E-state index >= 15 is 0 Å². The molecule has 0 radical (unpaired) electrons. The lowest BCUT2D eigenvalue weighted by Gasteiger charge is -2.27. The minimum absolute atomic E-state index is 0.108. The second-order valence-electron chi connectivity index (χ2n) is 10.5. The van der Waals surface area contributed by atoms with Gasteiger partial charge in [0.25, 0.3) is 10.0 Å². The highest BCUT2D eigenvalue weighted by atomic mass is 32.2. The van der Waals surface area contributed by atoms with E-state index in [2.05, 4.69) is 6.92 Å². The summed E-state index contributed by atoms with van der Waals surface area (Å²) in [5.41, 5.74) is 2.63. The van der Waals surface area contributed by atoms with Gasteiger partial charge in [0, 0.05) is 12.8 Å². The molecule has 3 unspecified atom stereocenters. The molecule has 34 heavy (non-hydrogen) atoms. The van der Waals surface area contributed by atoms with Crippen LogP contribution in [0, 0.1) is 28.5 Å². The van der Waals surface area contributed by atoms with Gasteiger partial charge in [0.15, 0.2) is 0 Å². The smallest absolute Gasteiger partial charge is 0.264 e. The molecule has 0 spiro atoms. The summed E-state index contributed by atoms with van der Waals surface area (Å²) in [6.45, 7) is 6.40. The molecule has 186 valence electrons. The molecule has 7 heteroatoms. The molecule has 2 aliphatic rings.